The summed E-state index contributed by atoms with van der Waals surface area (Å²) >= 11 is 0. The minimum atomic E-state index is -3.85. The maximum absolute atomic E-state index is 13.6. The van der Waals surface area contributed by atoms with Crippen LogP contribution in [0.15, 0.2) is 46.2 Å². The number of sulfone groups is 2. The van der Waals surface area contributed by atoms with Crippen LogP contribution in [0, 0.1) is 13.8 Å². The number of carbonyl (C=O) groups is 2. The van der Waals surface area contributed by atoms with E-state index in [1.165, 1.54) is 43.4 Å². The quantitative estimate of drug-likeness (QED) is 0.478. The summed E-state index contributed by atoms with van der Waals surface area (Å²) in [4.78, 5) is 27.2. The summed E-state index contributed by atoms with van der Waals surface area (Å²) in [5.74, 6) is -2.37. The van der Waals surface area contributed by atoms with Crippen LogP contribution in [-0.4, -0.2) is 61.4 Å². The van der Waals surface area contributed by atoms with Gasteiger partial charge in [-0.3, -0.25) is 9.59 Å². The van der Waals surface area contributed by atoms with E-state index in [1.54, 1.807) is 13.8 Å². The monoisotopic (exact) mass is 491 g/mol. The molecule has 174 valence electrons. The molecule has 0 radical (unpaired) electrons. The fourth-order valence-electron chi connectivity index (χ4n) is 3.15. The van der Waals surface area contributed by atoms with Gasteiger partial charge in [0.15, 0.2) is 19.7 Å². The maximum atomic E-state index is 13.6. The third-order valence-corrected chi connectivity index (χ3v) is 7.01. The fraction of sp³-hybridized carbons (Fsp3) is 0.250. The Balaban J connectivity index is 2.29. The van der Waals surface area contributed by atoms with Crippen LogP contribution in [0.3, 0.4) is 0 Å². The van der Waals surface area contributed by atoms with Crippen molar-refractivity contribution in [3.63, 3.8) is 0 Å². The van der Waals surface area contributed by atoms with Gasteiger partial charge in [-0.15, -0.1) is 0 Å². The van der Waals surface area contributed by atoms with E-state index in [4.69, 9.17) is 0 Å². The Labute approximate surface area is 190 Å². The van der Waals surface area contributed by atoms with Gasteiger partial charge in [-0.2, -0.15) is 0 Å². The SMILES string of the molecule is Cc1ccc(C(=O)N(C(=O)c2ccc(C)cc2S(C)(=O)=O)c2nnnn2C)c(S(C)(=O)=O)c1. The molecule has 0 saturated heterocycles. The van der Waals surface area contributed by atoms with Crippen molar-refractivity contribution >= 4 is 37.4 Å². The van der Waals surface area contributed by atoms with Crippen LogP contribution in [0.4, 0.5) is 5.95 Å². The number of aromatic nitrogens is 4. The van der Waals surface area contributed by atoms with Crippen LogP contribution in [-0.2, 0) is 26.7 Å². The largest absolute Gasteiger partial charge is 0.269 e. The van der Waals surface area contributed by atoms with Gasteiger partial charge < -0.3 is 0 Å². The van der Waals surface area contributed by atoms with E-state index in [1.807, 2.05) is 0 Å². The first kappa shape index (κ1) is 24.2. The number of benzene rings is 2. The van der Waals surface area contributed by atoms with Crippen molar-refractivity contribution in [3.05, 3.63) is 58.7 Å². The Bertz CT molecular complexity index is 1400. The zero-order valence-corrected chi connectivity index (χ0v) is 20.1. The summed E-state index contributed by atoms with van der Waals surface area (Å²) in [7, 11) is -6.33. The molecule has 0 aliphatic rings. The molecular formula is C20H21N5O6S2. The molecule has 2 aromatic carbocycles. The van der Waals surface area contributed by atoms with Crippen molar-refractivity contribution in [3.8, 4) is 0 Å². The van der Waals surface area contributed by atoms with Gasteiger partial charge in [0, 0.05) is 19.6 Å². The van der Waals surface area contributed by atoms with Crippen LogP contribution in [0.2, 0.25) is 0 Å². The topological polar surface area (TPSA) is 149 Å². The van der Waals surface area contributed by atoms with E-state index in [2.05, 4.69) is 15.5 Å². The van der Waals surface area contributed by atoms with E-state index in [-0.39, 0.29) is 26.9 Å². The first-order valence-corrected chi connectivity index (χ1v) is 13.2. The highest BCUT2D eigenvalue weighted by Gasteiger charge is 2.35. The number of aryl methyl sites for hydroxylation is 3. The Morgan fingerprint density at radius 1 is 0.818 bits per heavy atom. The van der Waals surface area contributed by atoms with Crippen molar-refractivity contribution in [1.29, 1.82) is 0 Å². The number of imide groups is 1. The second-order valence-corrected chi connectivity index (χ2v) is 11.6. The van der Waals surface area contributed by atoms with Gasteiger partial charge in [0.25, 0.3) is 17.8 Å². The van der Waals surface area contributed by atoms with Crippen molar-refractivity contribution in [1.82, 2.24) is 20.2 Å². The first-order valence-electron chi connectivity index (χ1n) is 9.44. The lowest BCUT2D eigenvalue weighted by atomic mass is 10.1. The highest BCUT2D eigenvalue weighted by Crippen LogP contribution is 2.26. The van der Waals surface area contributed by atoms with Crippen LogP contribution < -0.4 is 4.90 Å². The standard InChI is InChI=1S/C20H21N5O6S2/c1-12-6-8-14(16(10-12)32(4,28)29)18(26)25(20-21-22-23-24(20)3)19(27)15-9-7-13(2)11-17(15)33(5,30)31/h6-11H,1-5H3. The molecule has 0 aliphatic heterocycles. The second-order valence-electron chi connectivity index (χ2n) is 7.59. The number of anilines is 1. The molecule has 1 heterocycles. The molecular weight excluding hydrogens is 470 g/mol. The van der Waals surface area contributed by atoms with Crippen LogP contribution >= 0.6 is 0 Å². The first-order chi connectivity index (χ1) is 15.2. The normalized spacial score (nSPS) is 11.9. The minimum Gasteiger partial charge on any atom is -0.268 e. The van der Waals surface area contributed by atoms with Gasteiger partial charge in [-0.05, 0) is 59.7 Å². The molecule has 3 rings (SSSR count). The molecule has 2 amide bonds. The van der Waals surface area contributed by atoms with Gasteiger partial charge >= 0.3 is 0 Å². The van der Waals surface area contributed by atoms with Gasteiger partial charge in [0.2, 0.25) is 0 Å². The maximum Gasteiger partial charge on any atom is 0.269 e. The molecule has 0 N–H and O–H groups in total. The summed E-state index contributed by atoms with van der Waals surface area (Å²) in [5.41, 5.74) is 0.603. The summed E-state index contributed by atoms with van der Waals surface area (Å²) < 4.78 is 50.5. The zero-order chi connectivity index (χ0) is 24.7. The highest BCUT2D eigenvalue weighted by molar-refractivity contribution is 7.91. The molecule has 11 nitrogen and oxygen atoms in total. The summed E-state index contributed by atoms with van der Waals surface area (Å²) in [6.07, 6.45) is 1.88. The Morgan fingerprint density at radius 3 is 1.58 bits per heavy atom. The van der Waals surface area contributed by atoms with E-state index in [0.717, 1.165) is 17.2 Å². The van der Waals surface area contributed by atoms with E-state index >= 15 is 0 Å². The molecule has 0 spiro atoms. The van der Waals surface area contributed by atoms with Crippen LogP contribution in [0.5, 0.6) is 0 Å². The number of rotatable bonds is 5. The van der Waals surface area contributed by atoms with Crippen molar-refractivity contribution in [2.45, 2.75) is 23.6 Å². The van der Waals surface area contributed by atoms with Crippen molar-refractivity contribution in [2.24, 2.45) is 7.05 Å². The molecule has 13 heteroatoms. The highest BCUT2D eigenvalue weighted by atomic mass is 32.2. The molecule has 3 aromatic rings. The van der Waals surface area contributed by atoms with Crippen LogP contribution in [0.25, 0.3) is 0 Å². The minimum absolute atomic E-state index is 0.285. The van der Waals surface area contributed by atoms with E-state index < -0.39 is 31.5 Å². The number of tetrazole rings is 1. The molecule has 0 atom stereocenters. The average Bonchev–Trinajstić information content (AvgIpc) is 3.12. The molecule has 0 fully saturated rings. The number of nitrogens with zero attached hydrogens (tertiary/aromatic N) is 5. The number of carbonyl (C=O) groups excluding carboxylic acids is 2. The third-order valence-electron chi connectivity index (χ3n) is 4.74. The molecule has 0 unspecified atom stereocenters. The van der Waals surface area contributed by atoms with Gasteiger partial charge in [0.1, 0.15) is 0 Å². The lowest BCUT2D eigenvalue weighted by Crippen LogP contribution is -2.40. The van der Waals surface area contributed by atoms with E-state index in [9.17, 15) is 26.4 Å². The molecule has 0 saturated carbocycles. The number of hydrogen-bond acceptors (Lipinski definition) is 9. The predicted octanol–water partition coefficient (Wildman–Crippen LogP) is 1.12. The molecule has 1 aromatic heterocycles. The summed E-state index contributed by atoms with van der Waals surface area (Å²) in [5, 5.41) is 10.8. The summed E-state index contributed by atoms with van der Waals surface area (Å²) in [6, 6.07) is 8.23. The second kappa shape index (κ2) is 8.48. The Hall–Kier alpha value is -3.45. The average molecular weight is 492 g/mol. The number of amides is 2. The smallest absolute Gasteiger partial charge is 0.268 e. The van der Waals surface area contributed by atoms with Crippen molar-refractivity contribution in [2.75, 3.05) is 17.4 Å². The van der Waals surface area contributed by atoms with Crippen molar-refractivity contribution < 1.29 is 26.4 Å². The van der Waals surface area contributed by atoms with Gasteiger partial charge in [-0.1, -0.05) is 17.2 Å². The fourth-order valence-corrected chi connectivity index (χ4v) is 5.06. The zero-order valence-electron chi connectivity index (χ0n) is 18.5. The molecule has 33 heavy (non-hydrogen) atoms. The summed E-state index contributed by atoms with van der Waals surface area (Å²) in [6.45, 7) is 3.31. The molecule has 0 bridgehead atoms. The Kier molecular flexibility index (Phi) is 6.22. The Morgan fingerprint density at radius 2 is 1.24 bits per heavy atom. The third kappa shape index (κ3) is 4.83. The predicted molar refractivity (Wildman–Crippen MR) is 119 cm³/mol. The van der Waals surface area contributed by atoms with Gasteiger partial charge in [0.05, 0.1) is 20.9 Å². The van der Waals surface area contributed by atoms with Gasteiger partial charge in [-0.25, -0.2) is 26.4 Å². The lowest BCUT2D eigenvalue weighted by molar-refractivity contribution is 0.0890. The van der Waals surface area contributed by atoms with Crippen LogP contribution in [0.1, 0.15) is 31.8 Å². The lowest BCUT2D eigenvalue weighted by Gasteiger charge is -2.21. The molecule has 0 aliphatic carbocycles. The van der Waals surface area contributed by atoms with E-state index in [0.29, 0.717) is 16.0 Å². The number of hydrogen-bond donors (Lipinski definition) is 0.